The normalized spacial score (nSPS) is 15.2. The van der Waals surface area contributed by atoms with Crippen LogP contribution in [-0.4, -0.2) is 25.4 Å². The Morgan fingerprint density at radius 2 is 1.81 bits per heavy atom. The zero-order valence-corrected chi connectivity index (χ0v) is 25.7. The fraction of sp³-hybridized carbons (Fsp3) is 0.184. The second kappa shape index (κ2) is 11.3. The van der Waals surface area contributed by atoms with E-state index >= 15 is 0 Å². The van der Waals surface area contributed by atoms with E-state index in [9.17, 15) is 19.3 Å². The number of nitro benzene ring substituents is 1. The third-order valence-electron chi connectivity index (χ3n) is 9.21. The number of carbonyl (C=O) groups excluding carboxylic acids is 1. The highest BCUT2D eigenvalue weighted by molar-refractivity contribution is 6.15. The monoisotopic (exact) mass is 623 g/mol. The summed E-state index contributed by atoms with van der Waals surface area (Å²) in [4.78, 5) is 35.2. The van der Waals surface area contributed by atoms with Gasteiger partial charge in [-0.2, -0.15) is 0 Å². The molecule has 0 radical (unpaired) electrons. The summed E-state index contributed by atoms with van der Waals surface area (Å²) in [5.74, 6) is 0.219. The number of fused-ring (bicyclic) bond motifs is 3. The van der Waals surface area contributed by atoms with Crippen LogP contribution in [0.2, 0.25) is 0 Å². The molecule has 8 nitrogen and oxygen atoms in total. The van der Waals surface area contributed by atoms with E-state index in [4.69, 9.17) is 9.97 Å². The van der Waals surface area contributed by atoms with Crippen LogP contribution in [-0.2, 0) is 6.42 Å². The highest BCUT2D eigenvalue weighted by atomic mass is 19.1. The zero-order chi connectivity index (χ0) is 32.2. The maximum Gasteiger partial charge on any atom is 0.270 e. The Bertz CT molecular complexity index is 2300. The maximum atomic E-state index is 14.4. The molecule has 2 aliphatic carbocycles. The number of non-ortho nitro benzene ring substituents is 1. The highest BCUT2D eigenvalue weighted by Gasteiger charge is 2.30. The molecule has 232 valence electrons. The molecule has 1 N–H and O–H groups in total. The molecule has 8 rings (SSSR count). The molecule has 2 aromatic heterocycles. The third-order valence-corrected chi connectivity index (χ3v) is 9.21. The van der Waals surface area contributed by atoms with Gasteiger partial charge in [0.05, 0.1) is 32.7 Å². The van der Waals surface area contributed by atoms with Gasteiger partial charge < -0.3 is 9.88 Å². The average molecular weight is 624 g/mol. The molecule has 0 spiro atoms. The highest BCUT2D eigenvalue weighted by Crippen LogP contribution is 2.43. The van der Waals surface area contributed by atoms with Crippen molar-refractivity contribution in [3.63, 3.8) is 0 Å². The summed E-state index contributed by atoms with van der Waals surface area (Å²) >= 11 is 0. The Kier molecular flexibility index (Phi) is 6.90. The fourth-order valence-corrected chi connectivity index (χ4v) is 6.83. The average Bonchev–Trinajstić information content (AvgIpc) is 3.84. The summed E-state index contributed by atoms with van der Waals surface area (Å²) in [6.45, 7) is 1.97. The number of allylic oxidation sites excluding steroid dienone is 1. The predicted molar refractivity (Wildman–Crippen MR) is 182 cm³/mol. The summed E-state index contributed by atoms with van der Waals surface area (Å²) in [5.41, 5.74) is 8.55. The van der Waals surface area contributed by atoms with Crippen molar-refractivity contribution >= 4 is 50.9 Å². The summed E-state index contributed by atoms with van der Waals surface area (Å²) in [7, 11) is 0. The standard InChI is InChI=1S/C38H30FN5O3/c1-22-28(37-41-33-21-25(39)15-18-34(33)43(37)26-16-17-26)11-6-14-31(22)42-38(45)35-29-10-2-3-13-32(29)40-36-24(8-5-12-30(35)36)19-23-7-4-9-27(20-23)44(46)47/h2-4,6-7,9-11,13-15,18-21,26H,5,8,12,16-17H2,1H3,(H,42,45)/b24-19+. The number of carbonyl (C=O) groups is 1. The summed E-state index contributed by atoms with van der Waals surface area (Å²) in [6, 6.07) is 25.0. The molecule has 1 amide bonds. The Morgan fingerprint density at radius 1 is 0.979 bits per heavy atom. The molecule has 2 heterocycles. The van der Waals surface area contributed by atoms with Crippen molar-refractivity contribution in [1.82, 2.24) is 14.5 Å². The quantitative estimate of drug-likeness (QED) is 0.147. The first-order valence-electron chi connectivity index (χ1n) is 15.8. The Balaban J connectivity index is 1.21. The number of aromatic nitrogens is 3. The first-order chi connectivity index (χ1) is 22.9. The molecule has 1 saturated carbocycles. The van der Waals surface area contributed by atoms with Crippen LogP contribution in [0.5, 0.6) is 0 Å². The van der Waals surface area contributed by atoms with Gasteiger partial charge in [-0.1, -0.05) is 42.5 Å². The Labute approximate surface area is 269 Å². The summed E-state index contributed by atoms with van der Waals surface area (Å²) in [6.07, 6.45) is 6.28. The van der Waals surface area contributed by atoms with E-state index in [2.05, 4.69) is 9.88 Å². The number of hydrogen-bond donors (Lipinski definition) is 1. The van der Waals surface area contributed by atoms with Crippen molar-refractivity contribution in [3.8, 4) is 11.4 Å². The number of amides is 1. The lowest BCUT2D eigenvalue weighted by Crippen LogP contribution is -2.19. The second-order valence-corrected chi connectivity index (χ2v) is 12.3. The lowest BCUT2D eigenvalue weighted by Gasteiger charge is -2.23. The molecule has 0 unspecified atom stereocenters. The van der Waals surface area contributed by atoms with Crippen LogP contribution in [0.15, 0.2) is 84.9 Å². The number of nitrogens with zero attached hydrogens (tertiary/aromatic N) is 4. The van der Waals surface area contributed by atoms with E-state index in [0.717, 1.165) is 75.9 Å². The first-order valence-corrected chi connectivity index (χ1v) is 15.8. The van der Waals surface area contributed by atoms with Crippen LogP contribution in [0.1, 0.15) is 64.5 Å². The van der Waals surface area contributed by atoms with Crippen molar-refractivity contribution in [2.75, 3.05) is 5.32 Å². The van der Waals surface area contributed by atoms with Gasteiger partial charge in [0.15, 0.2) is 0 Å². The molecule has 0 aliphatic heterocycles. The fourth-order valence-electron chi connectivity index (χ4n) is 6.83. The lowest BCUT2D eigenvalue weighted by molar-refractivity contribution is -0.384. The smallest absolute Gasteiger partial charge is 0.270 e. The van der Waals surface area contributed by atoms with Crippen molar-refractivity contribution in [1.29, 1.82) is 0 Å². The van der Waals surface area contributed by atoms with Crippen LogP contribution in [0, 0.1) is 22.9 Å². The number of imidazole rings is 1. The van der Waals surface area contributed by atoms with E-state index in [-0.39, 0.29) is 17.4 Å². The summed E-state index contributed by atoms with van der Waals surface area (Å²) in [5, 5.41) is 15.4. The van der Waals surface area contributed by atoms with E-state index in [1.54, 1.807) is 18.2 Å². The molecule has 2 aliphatic rings. The number of rotatable bonds is 6. The first kappa shape index (κ1) is 28.8. The number of benzene rings is 4. The van der Waals surface area contributed by atoms with Crippen LogP contribution < -0.4 is 5.32 Å². The molecular formula is C38H30FN5O3. The molecule has 4 aromatic carbocycles. The van der Waals surface area contributed by atoms with Gasteiger partial charge in [0.25, 0.3) is 11.6 Å². The van der Waals surface area contributed by atoms with Gasteiger partial charge in [-0.15, -0.1) is 0 Å². The van der Waals surface area contributed by atoms with Crippen LogP contribution in [0.4, 0.5) is 15.8 Å². The maximum absolute atomic E-state index is 14.4. The van der Waals surface area contributed by atoms with Gasteiger partial charge in [-0.25, -0.2) is 14.4 Å². The molecule has 9 heteroatoms. The molecule has 0 atom stereocenters. The second-order valence-electron chi connectivity index (χ2n) is 12.3. The lowest BCUT2D eigenvalue weighted by atomic mass is 9.85. The molecule has 6 aromatic rings. The predicted octanol–water partition coefficient (Wildman–Crippen LogP) is 9.07. The van der Waals surface area contributed by atoms with Gasteiger partial charge in [-0.05, 0) is 91.6 Å². The van der Waals surface area contributed by atoms with Crippen molar-refractivity contribution < 1.29 is 14.1 Å². The Hall–Kier alpha value is -5.70. The number of para-hydroxylation sites is 1. The van der Waals surface area contributed by atoms with Gasteiger partial charge in [-0.3, -0.25) is 14.9 Å². The van der Waals surface area contributed by atoms with E-state index in [0.29, 0.717) is 34.7 Å². The van der Waals surface area contributed by atoms with Gasteiger partial charge in [0.1, 0.15) is 11.6 Å². The molecule has 1 fully saturated rings. The van der Waals surface area contributed by atoms with E-state index < -0.39 is 4.92 Å². The zero-order valence-electron chi connectivity index (χ0n) is 25.7. The van der Waals surface area contributed by atoms with Gasteiger partial charge in [0.2, 0.25) is 0 Å². The molecule has 0 bridgehead atoms. The largest absolute Gasteiger partial charge is 0.322 e. The van der Waals surface area contributed by atoms with Gasteiger partial charge >= 0.3 is 0 Å². The number of nitro groups is 1. The van der Waals surface area contributed by atoms with Crippen molar-refractivity contribution in [3.05, 3.63) is 129 Å². The molecular weight excluding hydrogens is 593 g/mol. The van der Waals surface area contributed by atoms with Crippen LogP contribution in [0.25, 0.3) is 45.0 Å². The minimum atomic E-state index is -0.399. The van der Waals surface area contributed by atoms with E-state index in [1.165, 1.54) is 18.2 Å². The van der Waals surface area contributed by atoms with Crippen molar-refractivity contribution in [2.45, 2.75) is 45.1 Å². The number of pyridine rings is 1. The number of anilines is 1. The minimum absolute atomic E-state index is 0.0272. The molecule has 0 saturated heterocycles. The number of nitrogens with one attached hydrogen (secondary N) is 1. The minimum Gasteiger partial charge on any atom is -0.322 e. The van der Waals surface area contributed by atoms with Crippen molar-refractivity contribution in [2.24, 2.45) is 0 Å². The van der Waals surface area contributed by atoms with Gasteiger partial charge in [0, 0.05) is 40.9 Å². The number of hydrogen-bond acceptors (Lipinski definition) is 5. The van der Waals surface area contributed by atoms with Crippen LogP contribution in [0.3, 0.4) is 0 Å². The topological polar surface area (TPSA) is 103 Å². The molecule has 47 heavy (non-hydrogen) atoms. The Morgan fingerprint density at radius 3 is 2.64 bits per heavy atom. The van der Waals surface area contributed by atoms with E-state index in [1.807, 2.05) is 61.5 Å². The summed E-state index contributed by atoms with van der Waals surface area (Å²) < 4.78 is 16.3. The van der Waals surface area contributed by atoms with Crippen LogP contribution >= 0.6 is 0 Å². The third kappa shape index (κ3) is 5.13. The SMILES string of the molecule is Cc1c(NC(=O)c2c3c(nc4ccccc24)/C(=C/c2cccc([N+](=O)[O-])c2)CCC3)cccc1-c1nc2cc(F)ccc2n1C1CC1. The number of halogens is 1.